The molecule has 19 heavy (non-hydrogen) atoms. The third-order valence-corrected chi connectivity index (χ3v) is 4.77. The van der Waals surface area contributed by atoms with Crippen molar-refractivity contribution in [2.24, 2.45) is 0 Å². The van der Waals surface area contributed by atoms with Gasteiger partial charge in [-0.25, -0.2) is 0 Å². The minimum Gasteiger partial charge on any atom is -0.295 e. The first-order chi connectivity index (χ1) is 8.61. The molecule has 2 aromatic rings. The van der Waals surface area contributed by atoms with Crippen LogP contribution < -0.4 is 0 Å². The quantitative estimate of drug-likeness (QED) is 0.614. The predicted molar refractivity (Wildman–Crippen MR) is 93.0 cm³/mol. The second-order valence-corrected chi connectivity index (χ2v) is 6.86. The number of rotatable bonds is 5. The molecule has 2 rings (SSSR count). The molecule has 1 heterocycles. The fourth-order valence-electron chi connectivity index (χ4n) is 2.02. The summed E-state index contributed by atoms with van der Waals surface area (Å²) in [6.45, 7) is 6.35. The summed E-state index contributed by atoms with van der Waals surface area (Å²) in [6, 6.07) is 7.00. The van der Waals surface area contributed by atoms with Gasteiger partial charge in [0.1, 0.15) is 0 Å². The highest BCUT2D eigenvalue weighted by atomic mass is 79.9. The van der Waals surface area contributed by atoms with Crippen LogP contribution in [0, 0.1) is 0 Å². The van der Waals surface area contributed by atoms with Crippen molar-refractivity contribution in [2.45, 2.75) is 26.4 Å². The number of hydrogen-bond donors (Lipinski definition) is 0. The van der Waals surface area contributed by atoms with Crippen LogP contribution in [0.25, 0.3) is 10.1 Å². The average Bonchev–Trinajstić information content (AvgIpc) is 2.71. The highest BCUT2D eigenvalue weighted by molar-refractivity contribution is 9.10. The second kappa shape index (κ2) is 7.84. The third kappa shape index (κ3) is 4.33. The van der Waals surface area contributed by atoms with Gasteiger partial charge in [-0.2, -0.15) is 0 Å². The first-order valence-corrected chi connectivity index (χ1v) is 8.28. The summed E-state index contributed by atoms with van der Waals surface area (Å²) in [5, 5.41) is 3.62. The van der Waals surface area contributed by atoms with E-state index in [-0.39, 0.29) is 12.4 Å². The Morgan fingerprint density at radius 2 is 2.11 bits per heavy atom. The van der Waals surface area contributed by atoms with Gasteiger partial charge in [0, 0.05) is 34.2 Å². The minimum atomic E-state index is 0. The SMILES string of the molecule is CC(C)N(CCCl)Cc1csc2ccc(Br)cc12.Cl. The summed E-state index contributed by atoms with van der Waals surface area (Å²) in [5.74, 6) is 0.684. The highest BCUT2D eigenvalue weighted by Gasteiger charge is 2.12. The van der Waals surface area contributed by atoms with Crippen molar-refractivity contribution in [3.8, 4) is 0 Å². The Bertz CT molecular complexity index is 527. The zero-order valence-electron chi connectivity index (χ0n) is 11.0. The van der Waals surface area contributed by atoms with Crippen LogP contribution in [0.4, 0.5) is 0 Å². The maximum Gasteiger partial charge on any atom is 0.0351 e. The van der Waals surface area contributed by atoms with E-state index < -0.39 is 0 Å². The van der Waals surface area contributed by atoms with Crippen LogP contribution in [-0.2, 0) is 6.54 Å². The first-order valence-electron chi connectivity index (χ1n) is 6.07. The Morgan fingerprint density at radius 1 is 1.37 bits per heavy atom. The van der Waals surface area contributed by atoms with Gasteiger partial charge in [0.2, 0.25) is 0 Å². The van der Waals surface area contributed by atoms with Gasteiger partial charge < -0.3 is 0 Å². The molecule has 106 valence electrons. The van der Waals surface area contributed by atoms with Crippen LogP contribution in [0.15, 0.2) is 28.1 Å². The largest absolute Gasteiger partial charge is 0.295 e. The Labute approximate surface area is 138 Å². The lowest BCUT2D eigenvalue weighted by atomic mass is 10.1. The molecule has 0 bridgehead atoms. The topological polar surface area (TPSA) is 3.24 Å². The molecule has 1 aromatic carbocycles. The standard InChI is InChI=1S/C14H17BrClNS.ClH/c1-10(2)17(6-5-16)8-11-9-18-14-4-3-12(15)7-13(11)14;/h3-4,7,9-10H,5-6,8H2,1-2H3;1H. The predicted octanol–water partition coefficient (Wildman–Crippen LogP) is 5.53. The summed E-state index contributed by atoms with van der Waals surface area (Å²) in [7, 11) is 0. The maximum atomic E-state index is 5.88. The number of alkyl halides is 1. The number of benzene rings is 1. The van der Waals surface area contributed by atoms with Crippen LogP contribution >= 0.6 is 51.3 Å². The number of fused-ring (bicyclic) bond motifs is 1. The molecule has 0 saturated carbocycles. The van der Waals surface area contributed by atoms with Gasteiger partial charge in [-0.3, -0.25) is 4.90 Å². The lowest BCUT2D eigenvalue weighted by Gasteiger charge is -2.25. The maximum absolute atomic E-state index is 5.88. The summed E-state index contributed by atoms with van der Waals surface area (Å²) in [6.07, 6.45) is 0. The zero-order chi connectivity index (χ0) is 13.1. The van der Waals surface area contributed by atoms with Crippen LogP contribution in [0.2, 0.25) is 0 Å². The molecule has 0 saturated heterocycles. The van der Waals surface area contributed by atoms with E-state index in [4.69, 9.17) is 11.6 Å². The average molecular weight is 383 g/mol. The normalized spacial score (nSPS) is 11.3. The van der Waals surface area contributed by atoms with Gasteiger partial charge >= 0.3 is 0 Å². The first kappa shape index (κ1) is 17.3. The minimum absolute atomic E-state index is 0. The molecule has 0 aliphatic rings. The van der Waals surface area contributed by atoms with Gasteiger partial charge in [0.05, 0.1) is 0 Å². The fourth-order valence-corrected chi connectivity index (χ4v) is 3.54. The monoisotopic (exact) mass is 381 g/mol. The molecule has 0 atom stereocenters. The molecule has 5 heteroatoms. The lowest BCUT2D eigenvalue weighted by Crippen LogP contribution is -2.31. The Kier molecular flexibility index (Phi) is 7.12. The van der Waals surface area contributed by atoms with Crippen LogP contribution in [0.3, 0.4) is 0 Å². The molecule has 1 nitrogen and oxygen atoms in total. The van der Waals surface area contributed by atoms with E-state index in [9.17, 15) is 0 Å². The molecule has 0 radical (unpaired) electrons. The molecule has 1 aromatic heterocycles. The molecule has 0 N–H and O–H groups in total. The molecular formula is C14H18BrCl2NS. The zero-order valence-corrected chi connectivity index (χ0v) is 15.0. The number of hydrogen-bond acceptors (Lipinski definition) is 2. The third-order valence-electron chi connectivity index (χ3n) is 3.09. The van der Waals surface area contributed by atoms with Gasteiger partial charge in [0.15, 0.2) is 0 Å². The molecule has 0 unspecified atom stereocenters. The van der Waals surface area contributed by atoms with Gasteiger partial charge in [-0.1, -0.05) is 15.9 Å². The van der Waals surface area contributed by atoms with E-state index in [1.54, 1.807) is 0 Å². The van der Waals surface area contributed by atoms with E-state index in [1.165, 1.54) is 15.6 Å². The van der Waals surface area contributed by atoms with Gasteiger partial charge in [-0.05, 0) is 48.4 Å². The van der Waals surface area contributed by atoms with Crippen molar-refractivity contribution in [2.75, 3.05) is 12.4 Å². The lowest BCUT2D eigenvalue weighted by molar-refractivity contribution is 0.227. The summed E-state index contributed by atoms with van der Waals surface area (Å²) in [5.41, 5.74) is 1.40. The van der Waals surface area contributed by atoms with Crippen molar-refractivity contribution in [3.05, 3.63) is 33.6 Å². The van der Waals surface area contributed by atoms with Gasteiger partial charge in [-0.15, -0.1) is 35.3 Å². The number of nitrogens with zero attached hydrogens (tertiary/aromatic N) is 1. The Morgan fingerprint density at radius 3 is 2.74 bits per heavy atom. The van der Waals surface area contributed by atoms with Crippen LogP contribution in [0.1, 0.15) is 19.4 Å². The fraction of sp³-hybridized carbons (Fsp3) is 0.429. The Balaban J connectivity index is 0.00000180. The van der Waals surface area contributed by atoms with Crippen molar-refractivity contribution < 1.29 is 0 Å². The van der Waals surface area contributed by atoms with Crippen molar-refractivity contribution in [3.63, 3.8) is 0 Å². The molecule has 0 amide bonds. The van der Waals surface area contributed by atoms with Crippen molar-refractivity contribution >= 4 is 61.4 Å². The summed E-state index contributed by atoms with van der Waals surface area (Å²) in [4.78, 5) is 2.41. The van der Waals surface area contributed by atoms with Crippen molar-refractivity contribution in [1.82, 2.24) is 4.90 Å². The molecule has 0 fully saturated rings. The molecule has 0 aliphatic carbocycles. The van der Waals surface area contributed by atoms with Crippen LogP contribution in [0.5, 0.6) is 0 Å². The Hall–Kier alpha value is 0.200. The smallest absolute Gasteiger partial charge is 0.0351 e. The summed E-state index contributed by atoms with van der Waals surface area (Å²) < 4.78 is 2.49. The molecular weight excluding hydrogens is 365 g/mol. The van der Waals surface area contributed by atoms with Crippen molar-refractivity contribution in [1.29, 1.82) is 0 Å². The van der Waals surface area contributed by atoms with E-state index in [1.807, 2.05) is 11.3 Å². The molecule has 0 aliphatic heterocycles. The number of thiophene rings is 1. The van der Waals surface area contributed by atoms with E-state index in [0.717, 1.165) is 17.6 Å². The highest BCUT2D eigenvalue weighted by Crippen LogP contribution is 2.29. The second-order valence-electron chi connectivity index (χ2n) is 4.65. The van der Waals surface area contributed by atoms with E-state index >= 15 is 0 Å². The van der Waals surface area contributed by atoms with E-state index in [2.05, 4.69) is 58.3 Å². The van der Waals surface area contributed by atoms with E-state index in [0.29, 0.717) is 11.9 Å². The molecule has 0 spiro atoms. The summed E-state index contributed by atoms with van der Waals surface area (Å²) >= 11 is 11.2. The van der Waals surface area contributed by atoms with Gasteiger partial charge in [0.25, 0.3) is 0 Å². The van der Waals surface area contributed by atoms with Crippen LogP contribution in [-0.4, -0.2) is 23.4 Å². The number of halogens is 3.